The zero-order valence-electron chi connectivity index (χ0n) is 20.0. The number of nitrogens with two attached hydrogens (primary N) is 1. The quantitative estimate of drug-likeness (QED) is 0.147. The van der Waals surface area contributed by atoms with Gasteiger partial charge in [-0.2, -0.15) is 9.78 Å². The van der Waals surface area contributed by atoms with Gasteiger partial charge in [0.05, 0.1) is 19.9 Å². The number of ether oxygens (including phenoxy) is 3. The molecule has 3 N–H and O–H groups in total. The van der Waals surface area contributed by atoms with Gasteiger partial charge in [-0.05, 0) is 65.3 Å². The normalized spacial score (nSPS) is 10.9. The minimum atomic E-state index is -0.648. The van der Waals surface area contributed by atoms with Crippen LogP contribution in [0.1, 0.15) is 29.9 Å². The second kappa shape index (κ2) is 11.0. The number of hydrogen-bond donors (Lipinski definition) is 2. The minimum Gasteiger partial charge on any atom is -0.494 e. The Kier molecular flexibility index (Phi) is 7.37. The zero-order chi connectivity index (χ0) is 26.4. The Labute approximate surface area is 210 Å². The third-order valence-corrected chi connectivity index (χ3v) is 4.84. The Bertz CT molecular complexity index is 1440. The van der Waals surface area contributed by atoms with Crippen molar-refractivity contribution in [3.05, 3.63) is 53.7 Å². The van der Waals surface area contributed by atoms with Gasteiger partial charge in [0, 0.05) is 12.5 Å². The molecule has 0 atom stereocenters. The van der Waals surface area contributed by atoms with Gasteiger partial charge in [0.1, 0.15) is 11.4 Å². The molecule has 14 nitrogen and oxygen atoms in total. The van der Waals surface area contributed by atoms with Gasteiger partial charge in [-0.15, -0.1) is 5.10 Å². The van der Waals surface area contributed by atoms with Crippen molar-refractivity contribution >= 4 is 23.9 Å². The fraction of sp³-hybridized carbons (Fsp3) is 0.174. The molecule has 0 saturated heterocycles. The number of hydrogen-bond acceptors (Lipinski definition) is 12. The molecule has 14 heteroatoms. The van der Waals surface area contributed by atoms with E-state index in [-0.39, 0.29) is 28.8 Å². The van der Waals surface area contributed by atoms with Gasteiger partial charge >= 0.3 is 5.97 Å². The fourth-order valence-corrected chi connectivity index (χ4v) is 3.28. The van der Waals surface area contributed by atoms with Gasteiger partial charge in [0.2, 0.25) is 11.6 Å². The average Bonchev–Trinajstić information content (AvgIpc) is 3.51. The first-order valence-corrected chi connectivity index (χ1v) is 10.9. The molecular weight excluding hydrogens is 484 g/mol. The van der Waals surface area contributed by atoms with Gasteiger partial charge < -0.3 is 19.9 Å². The average molecular weight is 506 g/mol. The lowest BCUT2D eigenvalue weighted by Crippen LogP contribution is -2.19. The molecule has 2 heterocycles. The number of nitrogens with one attached hydrogen (secondary N) is 1. The summed E-state index contributed by atoms with van der Waals surface area (Å²) in [4.78, 5) is 24.3. The largest absolute Gasteiger partial charge is 0.494 e. The van der Waals surface area contributed by atoms with Gasteiger partial charge in [-0.1, -0.05) is 5.21 Å². The van der Waals surface area contributed by atoms with E-state index in [1.165, 1.54) is 24.9 Å². The molecule has 4 aromatic rings. The lowest BCUT2D eigenvalue weighted by atomic mass is 10.1. The summed E-state index contributed by atoms with van der Waals surface area (Å²) in [5.41, 5.74) is 9.64. The number of methoxy groups -OCH3 is 1. The van der Waals surface area contributed by atoms with E-state index in [1.807, 2.05) is 6.92 Å². The van der Waals surface area contributed by atoms with Crippen molar-refractivity contribution in [2.45, 2.75) is 13.8 Å². The lowest BCUT2D eigenvalue weighted by Gasteiger charge is -2.08. The van der Waals surface area contributed by atoms with Gasteiger partial charge in [-0.3, -0.25) is 9.59 Å². The maximum absolute atomic E-state index is 13.0. The molecule has 2 aromatic heterocycles. The predicted molar refractivity (Wildman–Crippen MR) is 130 cm³/mol. The lowest BCUT2D eigenvalue weighted by molar-refractivity contribution is -0.132. The van der Waals surface area contributed by atoms with Crippen molar-refractivity contribution in [2.75, 3.05) is 19.5 Å². The van der Waals surface area contributed by atoms with Crippen LogP contribution in [0.3, 0.4) is 0 Å². The number of carbonyl (C=O) groups is 2. The summed E-state index contributed by atoms with van der Waals surface area (Å²) >= 11 is 0. The van der Waals surface area contributed by atoms with Gasteiger partial charge in [0.25, 0.3) is 5.91 Å². The number of anilines is 1. The summed E-state index contributed by atoms with van der Waals surface area (Å²) in [5.74, 6) is 0.140. The first kappa shape index (κ1) is 24.8. The predicted octanol–water partition coefficient (Wildman–Crippen LogP) is 2.00. The minimum absolute atomic E-state index is 0.0341. The van der Waals surface area contributed by atoms with E-state index in [0.29, 0.717) is 29.2 Å². The highest BCUT2D eigenvalue weighted by Gasteiger charge is 2.25. The molecule has 0 fully saturated rings. The molecule has 190 valence electrons. The highest BCUT2D eigenvalue weighted by atomic mass is 16.6. The van der Waals surface area contributed by atoms with E-state index < -0.39 is 11.9 Å². The number of rotatable bonds is 9. The van der Waals surface area contributed by atoms with Crippen molar-refractivity contribution in [3.63, 3.8) is 0 Å². The van der Waals surface area contributed by atoms with Crippen molar-refractivity contribution in [1.82, 2.24) is 30.7 Å². The molecule has 0 aliphatic heterocycles. The second-order valence-electron chi connectivity index (χ2n) is 7.33. The smallest absolute Gasteiger partial charge is 0.308 e. The molecule has 0 spiro atoms. The monoisotopic (exact) mass is 506 g/mol. The van der Waals surface area contributed by atoms with Crippen molar-refractivity contribution in [1.29, 1.82) is 0 Å². The summed E-state index contributed by atoms with van der Waals surface area (Å²) < 4.78 is 21.7. The summed E-state index contributed by atoms with van der Waals surface area (Å²) in [7, 11) is 1.44. The van der Waals surface area contributed by atoms with Crippen LogP contribution in [0, 0.1) is 0 Å². The number of nitrogens with zero attached hydrogens (tertiary/aromatic N) is 6. The van der Waals surface area contributed by atoms with E-state index in [2.05, 4.69) is 35.8 Å². The molecular formula is C23H22N8O6. The molecule has 0 radical (unpaired) electrons. The van der Waals surface area contributed by atoms with Crippen LogP contribution in [0.4, 0.5) is 5.82 Å². The summed E-state index contributed by atoms with van der Waals surface area (Å²) in [5, 5.41) is 19.3. The Hall–Kier alpha value is -5.27. The van der Waals surface area contributed by atoms with Crippen LogP contribution in [0.15, 0.2) is 52.2 Å². The Balaban J connectivity index is 1.61. The maximum Gasteiger partial charge on any atom is 0.308 e. The molecule has 0 aliphatic rings. The maximum atomic E-state index is 13.0. The van der Waals surface area contributed by atoms with E-state index in [0.717, 1.165) is 0 Å². The standard InChI is InChI=1S/C23H22N8O6/c1-4-35-16-8-6-15(7-9-16)20-19(26-30-31(20)22-21(24)28-37-29-22)23(33)27-25-12-14-5-10-17(36-13(2)32)18(11-14)34-3/h5-12H,4H2,1-3H3,(H2,24,28)(H,27,33). The Morgan fingerprint density at radius 2 is 1.95 bits per heavy atom. The third-order valence-electron chi connectivity index (χ3n) is 4.84. The summed E-state index contributed by atoms with van der Waals surface area (Å²) in [6.45, 7) is 3.67. The van der Waals surface area contributed by atoms with Crippen LogP contribution >= 0.6 is 0 Å². The zero-order valence-corrected chi connectivity index (χ0v) is 20.0. The van der Waals surface area contributed by atoms with E-state index in [1.54, 1.807) is 42.5 Å². The number of carbonyl (C=O) groups excluding carboxylic acids is 2. The summed E-state index contributed by atoms with van der Waals surface area (Å²) in [6, 6.07) is 11.7. The van der Waals surface area contributed by atoms with Crippen LogP contribution in [-0.4, -0.2) is 57.1 Å². The molecule has 4 rings (SSSR count). The Morgan fingerprint density at radius 3 is 2.59 bits per heavy atom. The molecule has 0 bridgehead atoms. The van der Waals surface area contributed by atoms with Crippen molar-refractivity contribution < 1.29 is 28.4 Å². The van der Waals surface area contributed by atoms with Crippen molar-refractivity contribution in [3.8, 4) is 34.3 Å². The SMILES string of the molecule is CCOc1ccc(-c2c(C(=O)NN=Cc3ccc(OC(C)=O)c(OC)c3)nnn2-c2nonc2N)cc1. The van der Waals surface area contributed by atoms with Crippen LogP contribution in [0.2, 0.25) is 0 Å². The third kappa shape index (κ3) is 5.53. The number of amides is 1. The highest BCUT2D eigenvalue weighted by molar-refractivity contribution is 5.99. The molecule has 2 aromatic carbocycles. The highest BCUT2D eigenvalue weighted by Crippen LogP contribution is 2.29. The van der Waals surface area contributed by atoms with E-state index >= 15 is 0 Å². The van der Waals surface area contributed by atoms with Gasteiger partial charge in [-0.25, -0.2) is 10.1 Å². The topological polar surface area (TPSA) is 182 Å². The molecule has 0 saturated carbocycles. The van der Waals surface area contributed by atoms with Crippen LogP contribution in [-0.2, 0) is 4.79 Å². The van der Waals surface area contributed by atoms with Crippen molar-refractivity contribution in [2.24, 2.45) is 5.10 Å². The van der Waals surface area contributed by atoms with E-state index in [4.69, 9.17) is 19.9 Å². The Morgan fingerprint density at radius 1 is 1.16 bits per heavy atom. The van der Waals surface area contributed by atoms with E-state index in [9.17, 15) is 9.59 Å². The molecule has 0 aliphatic carbocycles. The molecule has 0 unspecified atom stereocenters. The number of aromatic nitrogens is 5. The number of esters is 1. The number of benzene rings is 2. The molecule has 37 heavy (non-hydrogen) atoms. The fourth-order valence-electron chi connectivity index (χ4n) is 3.28. The second-order valence-corrected chi connectivity index (χ2v) is 7.33. The molecule has 1 amide bonds. The van der Waals surface area contributed by atoms with Crippen LogP contribution < -0.4 is 25.4 Å². The van der Waals surface area contributed by atoms with Gasteiger partial charge in [0.15, 0.2) is 17.2 Å². The summed E-state index contributed by atoms with van der Waals surface area (Å²) in [6.07, 6.45) is 1.39. The van der Waals surface area contributed by atoms with Crippen LogP contribution in [0.5, 0.6) is 17.2 Å². The number of nitrogen functional groups attached to an aromatic ring is 1. The number of hydrazone groups is 1. The van der Waals surface area contributed by atoms with Crippen LogP contribution in [0.25, 0.3) is 17.1 Å². The first-order valence-electron chi connectivity index (χ1n) is 10.9. The first-order chi connectivity index (χ1) is 17.9.